The maximum absolute atomic E-state index is 14.1. The number of carboxylic acid groups (broad SMARTS) is 2. The molecule has 476 valence electrons. The number of nitrogens with one attached hydrogen (secondary N) is 9. The van der Waals surface area contributed by atoms with Crippen LogP contribution < -0.4 is 82.3 Å². The standard InChI is InChI=1S/C52H86N16O17/c1-25(2)19-33(46(79)62-32(15-16-39(55)71)45(78)65-35(22-40(56)72)48(81)67-37(51(84)85)20-26(3)4)64-49(82)36(23-41(73)74)66-44(77)31(10-8-18-59-52(57)58)61-42(75)27(5)60-50(83)38(24-69)68-47(80)34(21-28-11-13-29(70)14-12-28)63-43(76)30(54)9-6-7-17-53/h11-14,25-27,30-38,69-70H,6-10,15-24,53-54H2,1-5H3,(H2,55,71)(H2,56,72)(H,60,83)(H,61,75)(H,62,79)(H,63,76)(H,64,82)(H,65,78)(H,66,77)(H,67,81)(H,68,80)(H,73,74)(H,84,85)(H4,57,58,59)/t27-,30-,31-,32-,33-,34-,35-,36-,37-,38-/m0/s1. The van der Waals surface area contributed by atoms with Crippen molar-refractivity contribution in [2.45, 2.75) is 172 Å². The number of nitrogens with zero attached hydrogens (tertiary/aromatic N) is 1. The Hall–Kier alpha value is -8.72. The van der Waals surface area contributed by atoms with Crippen molar-refractivity contribution in [3.63, 3.8) is 0 Å². The molecule has 0 aromatic heterocycles. The number of rotatable bonds is 41. The number of benzene rings is 1. The van der Waals surface area contributed by atoms with Gasteiger partial charge in [-0.1, -0.05) is 46.2 Å². The normalized spacial score (nSPS) is 14.6. The monoisotopic (exact) mass is 1210 g/mol. The first-order valence-electron chi connectivity index (χ1n) is 27.4. The van der Waals surface area contributed by atoms with Crippen LogP contribution in [0, 0.1) is 11.8 Å². The number of aromatic hydroxyl groups is 1. The summed E-state index contributed by atoms with van der Waals surface area (Å²) in [7, 11) is 0. The maximum Gasteiger partial charge on any atom is 0.326 e. The molecule has 0 heterocycles. The molecule has 1 aromatic carbocycles. The first kappa shape index (κ1) is 74.3. The van der Waals surface area contributed by atoms with Crippen molar-refractivity contribution in [3.05, 3.63) is 29.8 Å². The Morgan fingerprint density at radius 2 is 0.941 bits per heavy atom. The van der Waals surface area contributed by atoms with E-state index in [4.69, 9.17) is 34.4 Å². The molecule has 1 aromatic rings. The van der Waals surface area contributed by atoms with Crippen LogP contribution in [0.4, 0.5) is 0 Å². The Kier molecular flexibility index (Phi) is 33.4. The van der Waals surface area contributed by atoms with E-state index in [0.29, 0.717) is 24.9 Å². The van der Waals surface area contributed by atoms with Crippen LogP contribution in [0.3, 0.4) is 0 Å². The third-order valence-electron chi connectivity index (χ3n) is 12.5. The molecule has 25 N–H and O–H groups in total. The lowest BCUT2D eigenvalue weighted by atomic mass is 10.0. The van der Waals surface area contributed by atoms with Crippen molar-refractivity contribution in [1.82, 2.24) is 47.9 Å². The van der Waals surface area contributed by atoms with Gasteiger partial charge in [-0.3, -0.25) is 62.5 Å². The zero-order valence-electron chi connectivity index (χ0n) is 48.4. The highest BCUT2D eigenvalue weighted by Crippen LogP contribution is 2.14. The van der Waals surface area contributed by atoms with Gasteiger partial charge >= 0.3 is 11.9 Å². The molecule has 0 aliphatic rings. The van der Waals surface area contributed by atoms with Gasteiger partial charge < -0.3 is 103 Å². The number of aliphatic hydroxyl groups is 1. The number of primary amides is 2. The number of nitrogens with two attached hydrogens (primary N) is 6. The summed E-state index contributed by atoms with van der Waals surface area (Å²) in [6.45, 7) is 7.02. The third-order valence-corrected chi connectivity index (χ3v) is 12.5. The molecule has 0 saturated carbocycles. The van der Waals surface area contributed by atoms with E-state index in [9.17, 15) is 82.8 Å². The fourth-order valence-electron chi connectivity index (χ4n) is 8.02. The molecule has 10 atom stereocenters. The summed E-state index contributed by atoms with van der Waals surface area (Å²) in [4.78, 5) is 175. The van der Waals surface area contributed by atoms with Crippen LogP contribution >= 0.6 is 0 Å². The highest BCUT2D eigenvalue weighted by atomic mass is 16.4. The minimum Gasteiger partial charge on any atom is -0.508 e. The van der Waals surface area contributed by atoms with Crippen LogP contribution in [-0.2, 0) is 68.7 Å². The largest absolute Gasteiger partial charge is 0.508 e. The van der Waals surface area contributed by atoms with E-state index in [1.165, 1.54) is 31.2 Å². The number of carboxylic acids is 2. The molecule has 0 bridgehead atoms. The number of carbonyl (C=O) groups is 13. The molecule has 11 amide bonds. The summed E-state index contributed by atoms with van der Waals surface area (Å²) in [5, 5.41) is 60.5. The highest BCUT2D eigenvalue weighted by molar-refractivity contribution is 6.00. The molecule has 0 radical (unpaired) electrons. The maximum atomic E-state index is 14.1. The van der Waals surface area contributed by atoms with Gasteiger partial charge in [-0.15, -0.1) is 0 Å². The zero-order valence-corrected chi connectivity index (χ0v) is 48.4. The molecule has 0 fully saturated rings. The highest BCUT2D eigenvalue weighted by Gasteiger charge is 2.36. The van der Waals surface area contributed by atoms with E-state index in [1.54, 1.807) is 27.7 Å². The lowest BCUT2D eigenvalue weighted by Gasteiger charge is -2.28. The predicted molar refractivity (Wildman–Crippen MR) is 304 cm³/mol. The first-order chi connectivity index (χ1) is 39.8. The Morgan fingerprint density at radius 3 is 1.45 bits per heavy atom. The molecule has 0 aliphatic heterocycles. The number of phenols is 1. The Morgan fingerprint density at radius 1 is 0.494 bits per heavy atom. The van der Waals surface area contributed by atoms with Crippen molar-refractivity contribution in [1.29, 1.82) is 0 Å². The van der Waals surface area contributed by atoms with E-state index >= 15 is 0 Å². The van der Waals surface area contributed by atoms with E-state index in [1.807, 2.05) is 0 Å². The number of guanidine groups is 1. The molecular formula is C52H86N16O17. The molecule has 0 spiro atoms. The minimum absolute atomic E-state index is 0.0259. The fourth-order valence-corrected chi connectivity index (χ4v) is 8.02. The van der Waals surface area contributed by atoms with Gasteiger partial charge in [0.15, 0.2) is 5.96 Å². The number of aliphatic imine (C=N–C) groups is 1. The second-order valence-corrected chi connectivity index (χ2v) is 21.0. The van der Waals surface area contributed by atoms with Crippen LogP contribution in [0.25, 0.3) is 0 Å². The van der Waals surface area contributed by atoms with Crippen LogP contribution in [0.5, 0.6) is 5.75 Å². The summed E-state index contributed by atoms with van der Waals surface area (Å²) in [6, 6.07) is -10.2. The van der Waals surface area contributed by atoms with Crippen molar-refractivity contribution < 1.29 is 82.8 Å². The second kappa shape index (κ2) is 38.2. The van der Waals surface area contributed by atoms with Gasteiger partial charge in [-0.05, 0) is 87.9 Å². The smallest absolute Gasteiger partial charge is 0.326 e. The number of aliphatic carboxylic acids is 2. The quantitative estimate of drug-likeness (QED) is 0.0165. The summed E-state index contributed by atoms with van der Waals surface area (Å²) >= 11 is 0. The first-order valence-corrected chi connectivity index (χ1v) is 27.4. The molecule has 0 unspecified atom stereocenters. The zero-order chi connectivity index (χ0) is 64.7. The number of hydrogen-bond donors (Lipinski definition) is 19. The molecule has 85 heavy (non-hydrogen) atoms. The molecule has 33 heteroatoms. The summed E-state index contributed by atoms with van der Waals surface area (Å²) < 4.78 is 0. The summed E-state index contributed by atoms with van der Waals surface area (Å²) in [6.07, 6.45) is -2.39. The van der Waals surface area contributed by atoms with Crippen molar-refractivity contribution in [3.8, 4) is 5.75 Å². The number of unbranched alkanes of at least 4 members (excludes halogenated alkanes) is 1. The average molecular weight is 1210 g/mol. The average Bonchev–Trinajstić information content (AvgIpc) is 3.61. The molecule has 0 aliphatic carbocycles. The number of aliphatic hydroxyl groups excluding tert-OH is 1. The fraction of sp³-hybridized carbons (Fsp3) is 0.615. The van der Waals surface area contributed by atoms with Gasteiger partial charge in [0, 0.05) is 19.4 Å². The van der Waals surface area contributed by atoms with E-state index in [0.717, 1.165) is 0 Å². The number of amides is 11. The van der Waals surface area contributed by atoms with Gasteiger partial charge in [-0.25, -0.2) is 4.79 Å². The van der Waals surface area contributed by atoms with Gasteiger partial charge in [-0.2, -0.15) is 0 Å². The van der Waals surface area contributed by atoms with Crippen LogP contribution in [0.2, 0.25) is 0 Å². The minimum atomic E-state index is -1.99. The van der Waals surface area contributed by atoms with Gasteiger partial charge in [0.1, 0.15) is 60.1 Å². The van der Waals surface area contributed by atoms with E-state index in [-0.39, 0.29) is 62.7 Å². The third kappa shape index (κ3) is 29.9. The molecule has 1 rings (SSSR count). The summed E-state index contributed by atoms with van der Waals surface area (Å²) in [5.74, 6) is -15.8. The van der Waals surface area contributed by atoms with E-state index in [2.05, 4.69) is 52.8 Å². The lowest BCUT2D eigenvalue weighted by molar-refractivity contribution is -0.143. The SMILES string of the molecule is CC(C)C[C@H](NC(=O)[C@H](CC(N)=O)NC(=O)[C@H](CCC(N)=O)NC(=O)[C@H](CC(C)C)NC(=O)[C@H](CC(=O)O)NC(=O)[C@H](CCCN=C(N)N)NC(=O)[C@H](C)NC(=O)[C@H](CO)NC(=O)[C@H](Cc1ccc(O)cc1)NC(=O)[C@@H](N)CCCCN)C(=O)O. The predicted octanol–water partition coefficient (Wildman–Crippen LogP) is -6.39. The van der Waals surface area contributed by atoms with Crippen LogP contribution in [-0.4, -0.2) is 183 Å². The van der Waals surface area contributed by atoms with Crippen LogP contribution in [0.15, 0.2) is 29.3 Å². The topological polar surface area (TPSA) is 580 Å². The van der Waals surface area contributed by atoms with Gasteiger partial charge in [0.25, 0.3) is 0 Å². The van der Waals surface area contributed by atoms with Crippen molar-refractivity contribution in [2.75, 3.05) is 19.7 Å². The second-order valence-electron chi connectivity index (χ2n) is 21.0. The Balaban J connectivity index is 3.47. The Bertz CT molecular complexity index is 2490. The number of carbonyl (C=O) groups excluding carboxylic acids is 11. The van der Waals surface area contributed by atoms with Gasteiger partial charge in [0.2, 0.25) is 65.0 Å². The molecule has 33 nitrogen and oxygen atoms in total. The molecule has 0 saturated heterocycles. The van der Waals surface area contributed by atoms with Crippen molar-refractivity contribution >= 4 is 82.9 Å². The summed E-state index contributed by atoms with van der Waals surface area (Å²) in [5.41, 5.74) is 33.6. The molecular weight excluding hydrogens is 1120 g/mol. The van der Waals surface area contributed by atoms with Crippen molar-refractivity contribution in [2.24, 2.45) is 51.2 Å². The Labute approximate surface area is 490 Å². The van der Waals surface area contributed by atoms with E-state index < -0.39 is 176 Å². The van der Waals surface area contributed by atoms with Crippen LogP contribution in [0.1, 0.15) is 111 Å². The lowest BCUT2D eigenvalue weighted by Crippen LogP contribution is -2.61. The van der Waals surface area contributed by atoms with Gasteiger partial charge in [0.05, 0.1) is 25.5 Å². The number of phenolic OH excluding ortho intramolecular Hbond substituents is 1. The number of hydrogen-bond acceptors (Lipinski definition) is 18.